The molecule has 0 heterocycles. The highest BCUT2D eigenvalue weighted by Crippen LogP contribution is 2.09. The predicted molar refractivity (Wildman–Crippen MR) is 59.6 cm³/mol. The second-order valence-electron chi connectivity index (χ2n) is 3.32. The van der Waals surface area contributed by atoms with E-state index in [1.807, 2.05) is 43.3 Å². The van der Waals surface area contributed by atoms with Crippen LogP contribution in [0.1, 0.15) is 35.7 Å². The van der Waals surface area contributed by atoms with Crippen LogP contribution in [-0.2, 0) is 0 Å². The Balaban J connectivity index is 2.70. The molecule has 0 aliphatic heterocycles. The van der Waals surface area contributed by atoms with Crippen LogP contribution in [0.15, 0.2) is 36.4 Å². The van der Waals surface area contributed by atoms with Gasteiger partial charge in [-0.2, -0.15) is 0 Å². The lowest BCUT2D eigenvalue weighted by Gasteiger charge is -2.01. The summed E-state index contributed by atoms with van der Waals surface area (Å²) in [7, 11) is 0. The van der Waals surface area contributed by atoms with Crippen LogP contribution < -0.4 is 0 Å². The number of aryl methyl sites for hydroxylation is 1. The molecule has 0 unspecified atom stereocenters. The maximum atomic E-state index is 11.7. The van der Waals surface area contributed by atoms with Gasteiger partial charge in [0.05, 0.1) is 0 Å². The number of benzene rings is 1. The van der Waals surface area contributed by atoms with Crippen LogP contribution in [0.4, 0.5) is 0 Å². The number of hydrogen-bond donors (Lipinski definition) is 0. The fourth-order valence-electron chi connectivity index (χ4n) is 1.35. The van der Waals surface area contributed by atoms with Crippen molar-refractivity contribution >= 4 is 5.78 Å². The van der Waals surface area contributed by atoms with Gasteiger partial charge in [-0.15, -0.1) is 0 Å². The normalized spacial score (nSPS) is 10.7. The number of allylic oxidation sites excluding steroid dienone is 2. The Labute approximate surface area is 85.5 Å². The summed E-state index contributed by atoms with van der Waals surface area (Å²) in [5.41, 5.74) is 1.90. The van der Waals surface area contributed by atoms with E-state index in [0.717, 1.165) is 17.5 Å². The Bertz CT molecular complexity index is 337. The van der Waals surface area contributed by atoms with Gasteiger partial charge in [-0.1, -0.05) is 43.3 Å². The van der Waals surface area contributed by atoms with Crippen LogP contribution in [0.25, 0.3) is 0 Å². The van der Waals surface area contributed by atoms with Gasteiger partial charge >= 0.3 is 0 Å². The molecule has 0 amide bonds. The van der Waals surface area contributed by atoms with Crippen molar-refractivity contribution in [2.75, 3.05) is 0 Å². The first-order chi connectivity index (χ1) is 6.75. The summed E-state index contributed by atoms with van der Waals surface area (Å²) in [5, 5.41) is 0. The maximum Gasteiger partial charge on any atom is 0.166 e. The Hall–Kier alpha value is -1.37. The molecule has 1 rings (SSSR count). The van der Waals surface area contributed by atoms with E-state index < -0.39 is 0 Å². The third-order valence-corrected chi connectivity index (χ3v) is 2.15. The predicted octanol–water partition coefficient (Wildman–Crippen LogP) is 3.53. The van der Waals surface area contributed by atoms with Crippen molar-refractivity contribution in [2.45, 2.75) is 26.7 Å². The Morgan fingerprint density at radius 1 is 1.29 bits per heavy atom. The van der Waals surface area contributed by atoms with E-state index in [2.05, 4.69) is 6.92 Å². The topological polar surface area (TPSA) is 17.1 Å². The zero-order chi connectivity index (χ0) is 10.4. The third kappa shape index (κ3) is 2.84. The number of hydrogen-bond acceptors (Lipinski definition) is 1. The molecule has 0 saturated heterocycles. The van der Waals surface area contributed by atoms with Crippen LogP contribution in [0.3, 0.4) is 0 Å². The van der Waals surface area contributed by atoms with Gasteiger partial charge in [-0.3, -0.25) is 4.79 Å². The molecule has 1 aromatic rings. The van der Waals surface area contributed by atoms with Gasteiger partial charge in [0, 0.05) is 12.0 Å². The quantitative estimate of drug-likeness (QED) is 0.521. The summed E-state index contributed by atoms with van der Waals surface area (Å²) in [6, 6.07) is 7.71. The van der Waals surface area contributed by atoms with E-state index in [1.54, 1.807) is 0 Å². The number of rotatable bonds is 4. The zero-order valence-corrected chi connectivity index (χ0v) is 8.79. The molecular weight excluding hydrogens is 172 g/mol. The molecule has 14 heavy (non-hydrogen) atoms. The summed E-state index contributed by atoms with van der Waals surface area (Å²) >= 11 is 0. The molecule has 0 aliphatic rings. The summed E-state index contributed by atoms with van der Waals surface area (Å²) in [6.07, 6.45) is 5.46. The molecule has 1 heteroatoms. The van der Waals surface area contributed by atoms with Crippen LogP contribution in [0.2, 0.25) is 0 Å². The molecule has 1 aromatic carbocycles. The zero-order valence-electron chi connectivity index (χ0n) is 8.79. The maximum absolute atomic E-state index is 11.7. The van der Waals surface area contributed by atoms with E-state index in [-0.39, 0.29) is 5.78 Å². The van der Waals surface area contributed by atoms with Crippen molar-refractivity contribution in [1.29, 1.82) is 0 Å². The molecular formula is C13H16O. The van der Waals surface area contributed by atoms with E-state index in [0.29, 0.717) is 6.42 Å². The van der Waals surface area contributed by atoms with Crippen molar-refractivity contribution in [3.8, 4) is 0 Å². The molecule has 0 N–H and O–H groups in total. The second-order valence-corrected chi connectivity index (χ2v) is 3.32. The minimum absolute atomic E-state index is 0.202. The van der Waals surface area contributed by atoms with Crippen LogP contribution in [-0.4, -0.2) is 5.78 Å². The number of carbonyl (C=O) groups excluding carboxylic acids is 1. The van der Waals surface area contributed by atoms with Gasteiger partial charge in [0.25, 0.3) is 0 Å². The van der Waals surface area contributed by atoms with Gasteiger partial charge in [0.1, 0.15) is 0 Å². The average Bonchev–Trinajstić information content (AvgIpc) is 2.18. The van der Waals surface area contributed by atoms with E-state index in [4.69, 9.17) is 0 Å². The minimum Gasteiger partial charge on any atom is -0.294 e. The summed E-state index contributed by atoms with van der Waals surface area (Å²) < 4.78 is 0. The number of ketones is 1. The second kappa shape index (κ2) is 5.38. The first-order valence-electron chi connectivity index (χ1n) is 4.99. The highest BCUT2D eigenvalue weighted by atomic mass is 16.1. The van der Waals surface area contributed by atoms with Crippen molar-refractivity contribution in [1.82, 2.24) is 0 Å². The smallest absolute Gasteiger partial charge is 0.166 e. The van der Waals surface area contributed by atoms with Crippen molar-refractivity contribution < 1.29 is 4.79 Å². The largest absolute Gasteiger partial charge is 0.294 e. The van der Waals surface area contributed by atoms with Crippen LogP contribution >= 0.6 is 0 Å². The Morgan fingerprint density at radius 3 is 2.64 bits per heavy atom. The van der Waals surface area contributed by atoms with Crippen molar-refractivity contribution in [2.24, 2.45) is 0 Å². The molecule has 0 spiro atoms. The van der Waals surface area contributed by atoms with E-state index in [1.165, 1.54) is 0 Å². The fourth-order valence-corrected chi connectivity index (χ4v) is 1.35. The molecule has 0 aromatic heterocycles. The molecule has 0 saturated carbocycles. The lowest BCUT2D eigenvalue weighted by molar-refractivity contribution is 0.0995. The highest BCUT2D eigenvalue weighted by Gasteiger charge is 2.05. The average molecular weight is 188 g/mol. The number of Topliss-reactive ketones (excluding diaryl/α,β-unsaturated/α-hetero) is 1. The Kier molecular flexibility index (Phi) is 4.11. The lowest BCUT2D eigenvalue weighted by Crippen LogP contribution is -1.99. The highest BCUT2D eigenvalue weighted by molar-refractivity contribution is 5.98. The van der Waals surface area contributed by atoms with Gasteiger partial charge in [-0.05, 0) is 18.9 Å². The molecule has 74 valence electrons. The van der Waals surface area contributed by atoms with Gasteiger partial charge in [0.15, 0.2) is 5.78 Å². The van der Waals surface area contributed by atoms with Crippen molar-refractivity contribution in [3.63, 3.8) is 0 Å². The molecule has 1 nitrogen and oxygen atoms in total. The van der Waals surface area contributed by atoms with Gasteiger partial charge in [0.2, 0.25) is 0 Å². The molecule has 0 radical (unpaired) electrons. The third-order valence-electron chi connectivity index (χ3n) is 2.15. The Morgan fingerprint density at radius 2 is 2.00 bits per heavy atom. The minimum atomic E-state index is 0.202. The molecule has 0 atom stereocenters. The van der Waals surface area contributed by atoms with E-state index in [9.17, 15) is 4.79 Å². The van der Waals surface area contributed by atoms with Gasteiger partial charge in [-0.25, -0.2) is 0 Å². The fraction of sp³-hybridized carbons (Fsp3) is 0.308. The first-order valence-corrected chi connectivity index (χ1v) is 4.99. The lowest BCUT2D eigenvalue weighted by atomic mass is 10.0. The van der Waals surface area contributed by atoms with E-state index >= 15 is 0 Å². The van der Waals surface area contributed by atoms with Crippen LogP contribution in [0.5, 0.6) is 0 Å². The SMILES string of the molecule is CCC=CCC(=O)c1ccccc1C. The molecule has 0 bridgehead atoms. The summed E-state index contributed by atoms with van der Waals surface area (Å²) in [4.78, 5) is 11.7. The molecule has 0 fully saturated rings. The number of carbonyl (C=O) groups is 1. The molecule has 0 aliphatic carbocycles. The first kappa shape index (κ1) is 10.7. The summed E-state index contributed by atoms with van der Waals surface area (Å²) in [5.74, 6) is 0.202. The standard InChI is InChI=1S/C13H16O/c1-3-4-5-10-13(14)12-9-7-6-8-11(12)2/h4-9H,3,10H2,1-2H3. The van der Waals surface area contributed by atoms with Crippen molar-refractivity contribution in [3.05, 3.63) is 47.5 Å². The van der Waals surface area contributed by atoms with Gasteiger partial charge < -0.3 is 0 Å². The monoisotopic (exact) mass is 188 g/mol. The summed E-state index contributed by atoms with van der Waals surface area (Å²) in [6.45, 7) is 4.03. The van der Waals surface area contributed by atoms with Crippen LogP contribution in [0, 0.1) is 6.92 Å².